The summed E-state index contributed by atoms with van der Waals surface area (Å²) >= 11 is 0. The van der Waals surface area contributed by atoms with Crippen molar-refractivity contribution in [3.05, 3.63) is 113 Å². The molecule has 4 unspecified atom stereocenters. The standard InChI is InChI=1S/C61H78BN3Si/c1-55(2,3)39-22-21-23-42(32-39)63-50-35-40(56(4,5)6)24-26-47(50)62-48-34-41(57(7,8)9)33-46-54(48)65(61(13)31-20-18-29-59(46,61)11)52-37-43(36-51(63)53(52)62)64-49-27-25-44(66(14,15)16)38-45(49)58(10)28-17-19-30-60(58,64)12/h21-27,32-38H,17-20,28-31H2,1-16H3. The molecular weight excluding hydrogens is 814 g/mol. The van der Waals surface area contributed by atoms with Crippen LogP contribution in [-0.4, -0.2) is 25.9 Å². The summed E-state index contributed by atoms with van der Waals surface area (Å²) in [5, 5.41) is 1.58. The molecule has 4 aliphatic heterocycles. The SMILES string of the molecule is CC(C)(C)c1cccc(N2c3cc(C(C)(C)C)ccc3B3c4cc(C(C)(C)C)cc5c4N(c4cc(N6c7ccc([Si](C)(C)C)cc7C7(C)CCCCC67C)cc2c43)C2(C)CCCCC52C)c1. The number of hydrogen-bond acceptors (Lipinski definition) is 3. The first-order valence-electron chi connectivity index (χ1n) is 25.9. The summed E-state index contributed by atoms with van der Waals surface area (Å²) in [6, 6.07) is 35.7. The molecule has 11 rings (SSSR count). The molecule has 0 bridgehead atoms. The highest BCUT2D eigenvalue weighted by Crippen LogP contribution is 2.65. The zero-order chi connectivity index (χ0) is 47.1. The monoisotopic (exact) mass is 892 g/mol. The predicted octanol–water partition coefficient (Wildman–Crippen LogP) is 14.2. The van der Waals surface area contributed by atoms with Crippen molar-refractivity contribution in [3.63, 3.8) is 0 Å². The van der Waals surface area contributed by atoms with Crippen LogP contribution in [0.4, 0.5) is 39.8 Å². The van der Waals surface area contributed by atoms with Gasteiger partial charge in [-0.1, -0.05) is 175 Å². The summed E-state index contributed by atoms with van der Waals surface area (Å²) in [5.74, 6) is 0. The van der Waals surface area contributed by atoms with Crippen molar-refractivity contribution < 1.29 is 0 Å². The number of nitrogens with zero attached hydrogens (tertiary/aromatic N) is 3. The summed E-state index contributed by atoms with van der Waals surface area (Å²) in [6.45, 7) is 39.8. The maximum absolute atomic E-state index is 2.97. The van der Waals surface area contributed by atoms with Gasteiger partial charge in [-0.2, -0.15) is 0 Å². The van der Waals surface area contributed by atoms with Gasteiger partial charge in [0, 0.05) is 50.6 Å². The largest absolute Gasteiger partial charge is 0.335 e. The highest BCUT2D eigenvalue weighted by molar-refractivity contribution is 7.00. The van der Waals surface area contributed by atoms with E-state index in [1.165, 1.54) is 124 Å². The van der Waals surface area contributed by atoms with E-state index < -0.39 is 8.07 Å². The van der Waals surface area contributed by atoms with E-state index in [0.717, 1.165) is 0 Å². The minimum Gasteiger partial charge on any atom is -0.335 e. The Morgan fingerprint density at radius 2 is 1.08 bits per heavy atom. The molecule has 4 atom stereocenters. The number of anilines is 7. The Labute approximate surface area is 400 Å². The van der Waals surface area contributed by atoms with Crippen LogP contribution in [0.1, 0.15) is 169 Å². The lowest BCUT2D eigenvalue weighted by Gasteiger charge is -2.54. The van der Waals surface area contributed by atoms with Gasteiger partial charge in [-0.25, -0.2) is 0 Å². The van der Waals surface area contributed by atoms with Crippen molar-refractivity contribution in [1.82, 2.24) is 0 Å². The van der Waals surface area contributed by atoms with Crippen molar-refractivity contribution in [2.75, 3.05) is 14.7 Å². The fourth-order valence-electron chi connectivity index (χ4n) is 14.3. The molecule has 0 N–H and O–H groups in total. The highest BCUT2D eigenvalue weighted by atomic mass is 28.3. The van der Waals surface area contributed by atoms with Crippen LogP contribution in [0, 0.1) is 0 Å². The van der Waals surface area contributed by atoms with Gasteiger partial charge in [0.05, 0.1) is 19.2 Å². The van der Waals surface area contributed by atoms with Gasteiger partial charge in [0.15, 0.2) is 0 Å². The van der Waals surface area contributed by atoms with Crippen LogP contribution in [0.15, 0.2) is 84.9 Å². The number of fused-ring (bicyclic) bond motifs is 10. The molecule has 0 amide bonds. The number of rotatable bonds is 3. The molecule has 6 aliphatic rings. The van der Waals surface area contributed by atoms with Gasteiger partial charge >= 0.3 is 0 Å². The molecule has 3 nitrogen and oxygen atoms in total. The third-order valence-corrected chi connectivity index (χ3v) is 21.0. The van der Waals surface area contributed by atoms with Crippen LogP contribution < -0.4 is 36.3 Å². The molecule has 344 valence electrons. The smallest absolute Gasteiger partial charge is 0.252 e. The minimum absolute atomic E-state index is 0.00797. The lowest BCUT2D eigenvalue weighted by atomic mass is 9.33. The molecule has 0 saturated heterocycles. The topological polar surface area (TPSA) is 9.72 Å². The molecule has 0 aromatic heterocycles. The molecule has 5 aromatic carbocycles. The lowest BCUT2D eigenvalue weighted by molar-refractivity contribution is 0.194. The van der Waals surface area contributed by atoms with Gasteiger partial charge in [-0.15, -0.1) is 0 Å². The molecule has 4 heterocycles. The van der Waals surface area contributed by atoms with E-state index in [9.17, 15) is 0 Å². The van der Waals surface area contributed by atoms with E-state index >= 15 is 0 Å². The van der Waals surface area contributed by atoms with Crippen LogP contribution in [0.25, 0.3) is 0 Å². The first kappa shape index (κ1) is 44.3. The zero-order valence-electron chi connectivity index (χ0n) is 43.7. The van der Waals surface area contributed by atoms with Crippen molar-refractivity contribution in [2.24, 2.45) is 0 Å². The van der Waals surface area contributed by atoms with Gasteiger partial charge in [-0.3, -0.25) is 0 Å². The van der Waals surface area contributed by atoms with Crippen molar-refractivity contribution in [3.8, 4) is 0 Å². The van der Waals surface area contributed by atoms with Crippen molar-refractivity contribution in [1.29, 1.82) is 0 Å². The molecule has 5 heteroatoms. The van der Waals surface area contributed by atoms with Gasteiger partial charge in [0.1, 0.15) is 0 Å². The van der Waals surface area contributed by atoms with E-state index in [1.807, 2.05) is 0 Å². The summed E-state index contributed by atoms with van der Waals surface area (Å²) < 4.78 is 0. The molecule has 2 fully saturated rings. The molecule has 66 heavy (non-hydrogen) atoms. The molecule has 2 saturated carbocycles. The Balaban J connectivity index is 1.29. The zero-order valence-corrected chi connectivity index (χ0v) is 44.7. The van der Waals surface area contributed by atoms with E-state index in [1.54, 1.807) is 16.3 Å². The number of benzene rings is 5. The minimum atomic E-state index is -1.56. The number of hydrogen-bond donors (Lipinski definition) is 0. The Hall–Kier alpha value is -4.22. The van der Waals surface area contributed by atoms with Crippen LogP contribution in [0.3, 0.4) is 0 Å². The van der Waals surface area contributed by atoms with Gasteiger partial charge in [0.2, 0.25) is 0 Å². The van der Waals surface area contributed by atoms with E-state index in [2.05, 4.69) is 209 Å². The molecule has 2 aliphatic carbocycles. The molecule has 5 aromatic rings. The van der Waals surface area contributed by atoms with Gasteiger partial charge in [0.25, 0.3) is 6.71 Å². The van der Waals surface area contributed by atoms with Crippen LogP contribution in [-0.2, 0) is 27.1 Å². The normalized spacial score (nSPS) is 26.4. The van der Waals surface area contributed by atoms with E-state index in [-0.39, 0.29) is 44.9 Å². The Morgan fingerprint density at radius 1 is 0.485 bits per heavy atom. The lowest BCUT2D eigenvalue weighted by Crippen LogP contribution is -2.64. The van der Waals surface area contributed by atoms with Crippen LogP contribution in [0.2, 0.25) is 19.6 Å². The summed E-state index contributed by atoms with van der Waals surface area (Å²) in [6.07, 6.45) is 9.94. The Morgan fingerprint density at radius 3 is 1.71 bits per heavy atom. The summed E-state index contributed by atoms with van der Waals surface area (Å²) in [5.41, 5.74) is 21.5. The average molecular weight is 892 g/mol. The summed E-state index contributed by atoms with van der Waals surface area (Å²) in [4.78, 5) is 8.59. The maximum Gasteiger partial charge on any atom is 0.252 e. The van der Waals surface area contributed by atoms with Crippen LogP contribution in [0.5, 0.6) is 0 Å². The third-order valence-electron chi connectivity index (χ3n) is 18.9. The molecule has 0 spiro atoms. The second-order valence-electron chi connectivity index (χ2n) is 27.0. The average Bonchev–Trinajstić information content (AvgIpc) is 3.58. The van der Waals surface area contributed by atoms with E-state index in [4.69, 9.17) is 0 Å². The quantitative estimate of drug-likeness (QED) is 0.164. The predicted molar refractivity (Wildman–Crippen MR) is 290 cm³/mol. The second kappa shape index (κ2) is 13.7. The third kappa shape index (κ3) is 5.86. The highest BCUT2D eigenvalue weighted by Gasteiger charge is 2.63. The van der Waals surface area contributed by atoms with Gasteiger partial charge < -0.3 is 14.7 Å². The Bertz CT molecular complexity index is 2870. The van der Waals surface area contributed by atoms with E-state index in [0.29, 0.717) is 0 Å². The Kier molecular flexibility index (Phi) is 9.22. The second-order valence-corrected chi connectivity index (χ2v) is 32.1. The fraction of sp³-hybridized carbons (Fsp3) is 0.508. The molecule has 0 radical (unpaired) electrons. The van der Waals surface area contributed by atoms with Crippen molar-refractivity contribution in [2.45, 2.75) is 199 Å². The maximum atomic E-state index is 2.97. The summed E-state index contributed by atoms with van der Waals surface area (Å²) in [7, 11) is -1.56. The first-order valence-corrected chi connectivity index (χ1v) is 29.4. The van der Waals surface area contributed by atoms with Crippen LogP contribution >= 0.6 is 0 Å². The first-order chi connectivity index (χ1) is 30.7. The fourth-order valence-corrected chi connectivity index (χ4v) is 15.5. The van der Waals surface area contributed by atoms with Crippen molar-refractivity contribution >= 4 is 76.2 Å². The van der Waals surface area contributed by atoms with Gasteiger partial charge in [-0.05, 0) is 136 Å². The molecular formula is C61H78BN3Si.